The first-order valence-electron chi connectivity index (χ1n) is 6.09. The van der Waals surface area contributed by atoms with Gasteiger partial charge in [-0.25, -0.2) is 0 Å². The summed E-state index contributed by atoms with van der Waals surface area (Å²) >= 11 is 0. The lowest BCUT2D eigenvalue weighted by Gasteiger charge is -2.28. The molecule has 0 spiro atoms. The molecular formula is C14H22N2O2. The summed E-state index contributed by atoms with van der Waals surface area (Å²) in [6.45, 7) is 5.73. The molecule has 18 heavy (non-hydrogen) atoms. The standard InChI is InChI=1S/C14H22N2O2/c1-10-6-5-7-12(8-10)18-11(2)9-14(3,16-4)13(15)17/h5-8,11,16H,9H2,1-4H3,(H2,15,17). The van der Waals surface area contributed by atoms with Gasteiger partial charge in [-0.05, 0) is 45.5 Å². The van der Waals surface area contributed by atoms with Crippen LogP contribution in [0, 0.1) is 6.92 Å². The number of rotatable bonds is 6. The van der Waals surface area contributed by atoms with E-state index in [2.05, 4.69) is 5.32 Å². The molecule has 0 saturated carbocycles. The summed E-state index contributed by atoms with van der Waals surface area (Å²) in [4.78, 5) is 11.4. The molecule has 0 heterocycles. The Hall–Kier alpha value is -1.55. The van der Waals surface area contributed by atoms with Gasteiger partial charge < -0.3 is 15.8 Å². The van der Waals surface area contributed by atoms with Crippen LogP contribution in [0.3, 0.4) is 0 Å². The number of hydrogen-bond acceptors (Lipinski definition) is 3. The molecule has 1 aromatic carbocycles. The quantitative estimate of drug-likeness (QED) is 0.806. The normalized spacial score (nSPS) is 15.8. The third-order valence-electron chi connectivity index (χ3n) is 3.12. The van der Waals surface area contributed by atoms with Gasteiger partial charge in [-0.2, -0.15) is 0 Å². The Morgan fingerprint density at radius 2 is 2.22 bits per heavy atom. The van der Waals surface area contributed by atoms with Crippen molar-refractivity contribution in [2.45, 2.75) is 38.8 Å². The van der Waals surface area contributed by atoms with Crippen molar-refractivity contribution in [2.75, 3.05) is 7.05 Å². The van der Waals surface area contributed by atoms with E-state index in [1.807, 2.05) is 38.1 Å². The molecule has 1 aromatic rings. The Labute approximate surface area is 109 Å². The summed E-state index contributed by atoms with van der Waals surface area (Å²) in [7, 11) is 1.73. The molecule has 0 aliphatic carbocycles. The molecular weight excluding hydrogens is 228 g/mol. The van der Waals surface area contributed by atoms with Gasteiger partial charge >= 0.3 is 0 Å². The number of nitrogens with two attached hydrogens (primary N) is 1. The maximum atomic E-state index is 11.4. The van der Waals surface area contributed by atoms with Crippen LogP contribution in [-0.4, -0.2) is 24.6 Å². The van der Waals surface area contributed by atoms with Crippen LogP contribution < -0.4 is 15.8 Å². The van der Waals surface area contributed by atoms with Crippen molar-refractivity contribution in [3.8, 4) is 5.75 Å². The molecule has 0 saturated heterocycles. The number of aryl methyl sites for hydroxylation is 1. The summed E-state index contributed by atoms with van der Waals surface area (Å²) < 4.78 is 5.80. The summed E-state index contributed by atoms with van der Waals surface area (Å²) in [5, 5.41) is 2.95. The molecule has 3 N–H and O–H groups in total. The number of carbonyl (C=O) groups excluding carboxylic acids is 1. The lowest BCUT2D eigenvalue weighted by molar-refractivity contribution is -0.124. The van der Waals surface area contributed by atoms with Gasteiger partial charge in [-0.3, -0.25) is 4.79 Å². The van der Waals surface area contributed by atoms with Gasteiger partial charge in [-0.15, -0.1) is 0 Å². The molecule has 2 unspecified atom stereocenters. The molecule has 100 valence electrons. The van der Waals surface area contributed by atoms with Crippen LogP contribution in [0.25, 0.3) is 0 Å². The number of primary amides is 1. The second-order valence-electron chi connectivity index (χ2n) is 4.90. The van der Waals surface area contributed by atoms with Gasteiger partial charge in [0.2, 0.25) is 5.91 Å². The van der Waals surface area contributed by atoms with Crippen molar-refractivity contribution in [3.05, 3.63) is 29.8 Å². The molecule has 1 rings (SSSR count). The summed E-state index contributed by atoms with van der Waals surface area (Å²) in [5.74, 6) is 0.440. The van der Waals surface area contributed by atoms with E-state index in [0.717, 1.165) is 11.3 Å². The van der Waals surface area contributed by atoms with E-state index in [0.29, 0.717) is 6.42 Å². The molecule has 2 atom stereocenters. The topological polar surface area (TPSA) is 64.3 Å². The molecule has 4 nitrogen and oxygen atoms in total. The average Bonchev–Trinajstić information content (AvgIpc) is 2.28. The highest BCUT2D eigenvalue weighted by atomic mass is 16.5. The van der Waals surface area contributed by atoms with Crippen LogP contribution in [0.5, 0.6) is 5.75 Å². The zero-order valence-electron chi connectivity index (χ0n) is 11.5. The van der Waals surface area contributed by atoms with Crippen molar-refractivity contribution >= 4 is 5.91 Å². The minimum Gasteiger partial charge on any atom is -0.491 e. The maximum Gasteiger partial charge on any atom is 0.237 e. The van der Waals surface area contributed by atoms with Gasteiger partial charge in [0.15, 0.2) is 0 Å². The van der Waals surface area contributed by atoms with Crippen LogP contribution in [0.1, 0.15) is 25.8 Å². The smallest absolute Gasteiger partial charge is 0.237 e. The van der Waals surface area contributed by atoms with Crippen molar-refractivity contribution in [2.24, 2.45) is 5.73 Å². The summed E-state index contributed by atoms with van der Waals surface area (Å²) in [6, 6.07) is 7.84. The van der Waals surface area contributed by atoms with Crippen LogP contribution in [0.4, 0.5) is 0 Å². The van der Waals surface area contributed by atoms with Gasteiger partial charge in [0.25, 0.3) is 0 Å². The molecule has 0 aliphatic heterocycles. The highest BCUT2D eigenvalue weighted by Gasteiger charge is 2.31. The zero-order chi connectivity index (χ0) is 13.8. The fourth-order valence-corrected chi connectivity index (χ4v) is 1.86. The predicted molar refractivity (Wildman–Crippen MR) is 72.5 cm³/mol. The molecule has 0 bridgehead atoms. The molecule has 0 fully saturated rings. The molecule has 0 aromatic heterocycles. The summed E-state index contributed by atoms with van der Waals surface area (Å²) in [5.41, 5.74) is 5.79. The van der Waals surface area contributed by atoms with Crippen molar-refractivity contribution < 1.29 is 9.53 Å². The van der Waals surface area contributed by atoms with Gasteiger partial charge in [0.1, 0.15) is 5.75 Å². The van der Waals surface area contributed by atoms with Crippen molar-refractivity contribution in [1.82, 2.24) is 5.32 Å². The predicted octanol–water partition coefficient (Wildman–Crippen LogP) is 1.62. The average molecular weight is 250 g/mol. The van der Waals surface area contributed by atoms with E-state index in [-0.39, 0.29) is 12.0 Å². The number of carbonyl (C=O) groups is 1. The number of benzene rings is 1. The van der Waals surface area contributed by atoms with E-state index in [1.165, 1.54) is 0 Å². The first-order valence-corrected chi connectivity index (χ1v) is 6.09. The second kappa shape index (κ2) is 5.87. The van der Waals surface area contributed by atoms with E-state index in [9.17, 15) is 4.79 Å². The van der Waals surface area contributed by atoms with Gasteiger partial charge in [0, 0.05) is 6.42 Å². The Morgan fingerprint density at radius 1 is 1.56 bits per heavy atom. The van der Waals surface area contributed by atoms with E-state index >= 15 is 0 Å². The number of amides is 1. The van der Waals surface area contributed by atoms with Crippen molar-refractivity contribution in [1.29, 1.82) is 0 Å². The molecule has 4 heteroatoms. The molecule has 0 aliphatic rings. The SMILES string of the molecule is CNC(C)(CC(C)Oc1cccc(C)c1)C(N)=O. The Kier molecular flexibility index (Phi) is 4.73. The van der Waals surface area contributed by atoms with Gasteiger partial charge in [-0.1, -0.05) is 12.1 Å². The number of likely N-dealkylation sites (N-methyl/N-ethyl adjacent to an activating group) is 1. The van der Waals surface area contributed by atoms with Gasteiger partial charge in [0.05, 0.1) is 11.6 Å². The third kappa shape index (κ3) is 3.74. The van der Waals surface area contributed by atoms with Crippen LogP contribution >= 0.6 is 0 Å². The van der Waals surface area contributed by atoms with Crippen molar-refractivity contribution in [3.63, 3.8) is 0 Å². The van der Waals surface area contributed by atoms with E-state index in [4.69, 9.17) is 10.5 Å². The number of nitrogens with one attached hydrogen (secondary N) is 1. The highest BCUT2D eigenvalue weighted by molar-refractivity contribution is 5.84. The van der Waals surface area contributed by atoms with E-state index < -0.39 is 5.54 Å². The fraction of sp³-hybridized carbons (Fsp3) is 0.500. The number of ether oxygens (including phenoxy) is 1. The Bertz CT molecular complexity index is 420. The van der Waals surface area contributed by atoms with E-state index in [1.54, 1.807) is 14.0 Å². The second-order valence-corrected chi connectivity index (χ2v) is 4.90. The molecule has 1 amide bonds. The fourth-order valence-electron chi connectivity index (χ4n) is 1.86. The highest BCUT2D eigenvalue weighted by Crippen LogP contribution is 2.19. The lowest BCUT2D eigenvalue weighted by Crippen LogP contribution is -2.53. The Morgan fingerprint density at radius 3 is 2.72 bits per heavy atom. The summed E-state index contributed by atoms with van der Waals surface area (Å²) in [6.07, 6.45) is 0.420. The maximum absolute atomic E-state index is 11.4. The number of hydrogen-bond donors (Lipinski definition) is 2. The van der Waals surface area contributed by atoms with Crippen LogP contribution in [0.15, 0.2) is 24.3 Å². The monoisotopic (exact) mass is 250 g/mol. The third-order valence-corrected chi connectivity index (χ3v) is 3.12. The first-order chi connectivity index (χ1) is 8.37. The minimum absolute atomic E-state index is 0.100. The molecule has 0 radical (unpaired) electrons. The first kappa shape index (κ1) is 14.5. The van der Waals surface area contributed by atoms with Crippen LogP contribution in [0.2, 0.25) is 0 Å². The lowest BCUT2D eigenvalue weighted by atomic mass is 9.94. The zero-order valence-corrected chi connectivity index (χ0v) is 11.5. The largest absolute Gasteiger partial charge is 0.491 e. The Balaban J connectivity index is 2.66. The van der Waals surface area contributed by atoms with Crippen LogP contribution in [-0.2, 0) is 4.79 Å². The minimum atomic E-state index is -0.747.